The first-order valence-corrected chi connectivity index (χ1v) is 7.33. The molecule has 6 nitrogen and oxygen atoms in total. The van der Waals surface area contributed by atoms with Gasteiger partial charge < -0.3 is 13.9 Å². The van der Waals surface area contributed by atoms with Crippen LogP contribution in [0.15, 0.2) is 60.7 Å². The molecule has 0 unspecified atom stereocenters. The van der Waals surface area contributed by atoms with E-state index in [0.717, 1.165) is 0 Å². The van der Waals surface area contributed by atoms with Gasteiger partial charge in [-0.1, -0.05) is 36.4 Å². The molecule has 0 amide bonds. The number of carbonyl (C=O) groups excluding carboxylic acids is 2. The second kappa shape index (κ2) is 8.08. The van der Waals surface area contributed by atoms with Gasteiger partial charge in [-0.25, -0.2) is 14.2 Å². The van der Waals surface area contributed by atoms with Crippen LogP contribution in [-0.2, 0) is 36.0 Å². The number of benzene rings is 2. The quantitative estimate of drug-likeness (QED) is 0.564. The fourth-order valence-corrected chi connectivity index (χ4v) is 2.13. The second-order valence-corrected chi connectivity index (χ2v) is 5.20. The summed E-state index contributed by atoms with van der Waals surface area (Å²) in [5.74, 6) is -2.23. The standard InChI is InChI=1S/C14H11O6P.Ag/c15-13(11-7-3-1-4-8-11)19-21(17,18)20-14(16)12-9-5-2-6-10-12;/h1-10H,(H,17,18);/q;+1/p-1. The first-order chi connectivity index (χ1) is 9.98. The molecule has 2 aromatic rings. The molecule has 0 fully saturated rings. The zero-order chi connectivity index (χ0) is 15.3. The average molecular weight is 413 g/mol. The Morgan fingerprint density at radius 1 is 0.773 bits per heavy atom. The smallest absolute Gasteiger partial charge is 0.736 e. The summed E-state index contributed by atoms with van der Waals surface area (Å²) in [6.07, 6.45) is 0. The van der Waals surface area contributed by atoms with Crippen molar-refractivity contribution >= 4 is 19.8 Å². The number of phosphoric ester groups is 1. The first-order valence-electron chi connectivity index (χ1n) is 5.87. The maximum atomic E-state index is 11.6. The van der Waals surface area contributed by atoms with Crippen molar-refractivity contribution in [2.75, 3.05) is 0 Å². The van der Waals surface area contributed by atoms with Crippen molar-refractivity contribution in [3.8, 4) is 0 Å². The van der Waals surface area contributed by atoms with Crippen LogP contribution in [-0.4, -0.2) is 11.9 Å². The average Bonchev–Trinajstić information content (AvgIpc) is 2.48. The van der Waals surface area contributed by atoms with E-state index in [1.165, 1.54) is 24.3 Å². The third-order valence-corrected chi connectivity index (χ3v) is 3.19. The van der Waals surface area contributed by atoms with Crippen molar-refractivity contribution in [3.63, 3.8) is 0 Å². The fraction of sp³-hybridized carbons (Fsp3) is 0. The molecular formula is C14H10AgO6P. The molecule has 0 aromatic heterocycles. The summed E-state index contributed by atoms with van der Waals surface area (Å²) in [7, 11) is -5.08. The Hall–Kier alpha value is -1.69. The number of phosphoric acid groups is 1. The van der Waals surface area contributed by atoms with Crippen molar-refractivity contribution in [3.05, 3.63) is 71.8 Å². The molecule has 22 heavy (non-hydrogen) atoms. The molecule has 8 heteroatoms. The summed E-state index contributed by atoms with van der Waals surface area (Å²) in [4.78, 5) is 34.7. The molecule has 2 aromatic carbocycles. The third-order valence-electron chi connectivity index (χ3n) is 2.41. The summed E-state index contributed by atoms with van der Waals surface area (Å²) >= 11 is 0. The zero-order valence-electron chi connectivity index (χ0n) is 11.0. The van der Waals surface area contributed by atoms with Gasteiger partial charge in [0.15, 0.2) is 0 Å². The minimum absolute atomic E-state index is 0. The third kappa shape index (κ3) is 5.26. The van der Waals surface area contributed by atoms with Crippen LogP contribution in [0, 0.1) is 0 Å². The van der Waals surface area contributed by atoms with E-state index >= 15 is 0 Å². The van der Waals surface area contributed by atoms with Gasteiger partial charge in [-0.05, 0) is 24.3 Å². The Balaban J connectivity index is 0.00000242. The van der Waals surface area contributed by atoms with Crippen LogP contribution >= 0.6 is 7.82 Å². The van der Waals surface area contributed by atoms with Crippen LogP contribution in [0.25, 0.3) is 0 Å². The Morgan fingerprint density at radius 2 is 1.09 bits per heavy atom. The summed E-state index contributed by atoms with van der Waals surface area (Å²) in [5, 5.41) is 0. The van der Waals surface area contributed by atoms with E-state index in [4.69, 9.17) is 0 Å². The maximum absolute atomic E-state index is 11.6. The molecular weight excluding hydrogens is 403 g/mol. The maximum Gasteiger partial charge on any atom is 1.00 e. The molecule has 0 saturated carbocycles. The molecule has 118 valence electrons. The van der Waals surface area contributed by atoms with Crippen LogP contribution < -0.4 is 4.89 Å². The summed E-state index contributed by atoms with van der Waals surface area (Å²) < 4.78 is 20.0. The molecule has 2 rings (SSSR count). The van der Waals surface area contributed by atoms with Gasteiger partial charge in [-0.3, -0.25) is 0 Å². The number of hydrogen-bond acceptors (Lipinski definition) is 6. The predicted octanol–water partition coefficient (Wildman–Crippen LogP) is 2.17. The monoisotopic (exact) mass is 412 g/mol. The van der Waals surface area contributed by atoms with Crippen molar-refractivity contribution < 1.29 is 50.5 Å². The second-order valence-electron chi connectivity index (χ2n) is 3.94. The van der Waals surface area contributed by atoms with Crippen LogP contribution in [0.2, 0.25) is 0 Å². The summed E-state index contributed by atoms with van der Waals surface area (Å²) in [6, 6.07) is 15.0. The van der Waals surface area contributed by atoms with Crippen molar-refractivity contribution in [2.45, 2.75) is 0 Å². The van der Waals surface area contributed by atoms with Crippen molar-refractivity contribution in [2.24, 2.45) is 0 Å². The summed E-state index contributed by atoms with van der Waals surface area (Å²) in [5.41, 5.74) is 0.0636. The van der Waals surface area contributed by atoms with Crippen molar-refractivity contribution in [1.29, 1.82) is 0 Å². The van der Waals surface area contributed by atoms with Gasteiger partial charge in [-0.15, -0.1) is 0 Å². The molecule has 0 aliphatic carbocycles. The molecule has 0 spiro atoms. The zero-order valence-corrected chi connectivity index (χ0v) is 13.3. The topological polar surface area (TPSA) is 92.7 Å². The molecule has 0 aliphatic rings. The Kier molecular flexibility index (Phi) is 6.74. The normalized spacial score (nSPS) is 10.2. The Bertz CT molecular complexity index is 631. The van der Waals surface area contributed by atoms with Crippen LogP contribution in [0.5, 0.6) is 0 Å². The fourth-order valence-electron chi connectivity index (χ4n) is 1.48. The number of hydrogen-bond donors (Lipinski definition) is 0. The van der Waals surface area contributed by atoms with E-state index in [1.807, 2.05) is 0 Å². The minimum atomic E-state index is -5.08. The molecule has 0 aliphatic heterocycles. The van der Waals surface area contributed by atoms with Crippen LogP contribution in [0.3, 0.4) is 0 Å². The Labute approximate surface area is 142 Å². The van der Waals surface area contributed by atoms with E-state index in [0.29, 0.717) is 0 Å². The summed E-state index contributed by atoms with van der Waals surface area (Å²) in [6.45, 7) is 0. The van der Waals surface area contributed by atoms with E-state index in [9.17, 15) is 19.0 Å². The van der Waals surface area contributed by atoms with Crippen molar-refractivity contribution in [1.82, 2.24) is 0 Å². The molecule has 0 bridgehead atoms. The molecule has 0 N–H and O–H groups in total. The largest absolute Gasteiger partial charge is 1.00 e. The van der Waals surface area contributed by atoms with Crippen LogP contribution in [0.4, 0.5) is 0 Å². The predicted molar refractivity (Wildman–Crippen MR) is 71.3 cm³/mol. The number of carbonyl (C=O) groups is 2. The first kappa shape index (κ1) is 18.4. The van der Waals surface area contributed by atoms with Gasteiger partial charge in [0.2, 0.25) is 0 Å². The van der Waals surface area contributed by atoms with Gasteiger partial charge in [-0.2, -0.15) is 0 Å². The van der Waals surface area contributed by atoms with E-state index in [1.54, 1.807) is 36.4 Å². The minimum Gasteiger partial charge on any atom is -0.736 e. The molecule has 0 radical (unpaired) electrons. The SMILES string of the molecule is O=C(OP(=O)([O-])OC(=O)c1ccccc1)c1ccccc1.[Ag+]. The van der Waals surface area contributed by atoms with Gasteiger partial charge >= 0.3 is 42.1 Å². The molecule has 0 saturated heterocycles. The Morgan fingerprint density at radius 3 is 1.41 bits per heavy atom. The van der Waals surface area contributed by atoms with Gasteiger partial charge in [0.25, 0.3) is 0 Å². The number of rotatable bonds is 4. The van der Waals surface area contributed by atoms with E-state index in [-0.39, 0.29) is 33.5 Å². The van der Waals surface area contributed by atoms with E-state index < -0.39 is 19.8 Å². The van der Waals surface area contributed by atoms with Crippen LogP contribution in [0.1, 0.15) is 20.7 Å². The van der Waals surface area contributed by atoms with E-state index in [2.05, 4.69) is 9.05 Å². The van der Waals surface area contributed by atoms with Gasteiger partial charge in [0, 0.05) is 0 Å². The molecule has 0 heterocycles. The molecule has 0 atom stereocenters. The van der Waals surface area contributed by atoms with Gasteiger partial charge in [0.1, 0.15) is 0 Å². The van der Waals surface area contributed by atoms with Gasteiger partial charge in [0.05, 0.1) is 11.1 Å².